The van der Waals surface area contributed by atoms with Gasteiger partial charge in [0.15, 0.2) is 5.78 Å². The molecule has 0 unspecified atom stereocenters. The van der Waals surface area contributed by atoms with Gasteiger partial charge in [-0.15, -0.1) is 0 Å². The number of hydrogen-bond acceptors (Lipinski definition) is 2. The van der Waals surface area contributed by atoms with Crippen molar-refractivity contribution in [2.45, 2.75) is 32.7 Å². The van der Waals surface area contributed by atoms with E-state index in [4.69, 9.17) is 11.6 Å². The fourth-order valence-electron chi connectivity index (χ4n) is 2.82. The van der Waals surface area contributed by atoms with Crippen molar-refractivity contribution in [3.05, 3.63) is 68.1 Å². The number of hydrogen-bond donors (Lipinski definition) is 0. The summed E-state index contributed by atoms with van der Waals surface area (Å²) in [5, 5.41) is 0.654. The van der Waals surface area contributed by atoms with E-state index in [0.717, 1.165) is 29.7 Å². The van der Waals surface area contributed by atoms with Crippen LogP contribution >= 0.6 is 11.6 Å². The summed E-state index contributed by atoms with van der Waals surface area (Å²) >= 11 is 6.26. The summed E-state index contributed by atoms with van der Waals surface area (Å²) in [7, 11) is 0. The van der Waals surface area contributed by atoms with E-state index >= 15 is 0 Å². The molecule has 108 valence electrons. The predicted octanol–water partition coefficient (Wildman–Crippen LogP) is 3.38. The third-order valence-corrected chi connectivity index (χ3v) is 4.30. The molecule has 0 spiro atoms. The first-order valence-electron chi connectivity index (χ1n) is 7.07. The highest BCUT2D eigenvalue weighted by Gasteiger charge is 2.20. The van der Waals surface area contributed by atoms with Gasteiger partial charge in [-0.1, -0.05) is 23.7 Å². The number of aromatic nitrogens is 1. The highest BCUT2D eigenvalue weighted by molar-refractivity contribution is 6.31. The predicted molar refractivity (Wildman–Crippen MR) is 83.3 cm³/mol. The number of carbonyl (C=O) groups is 1. The van der Waals surface area contributed by atoms with E-state index in [2.05, 4.69) is 0 Å². The molecule has 0 fully saturated rings. The number of carbonyl (C=O) groups excluding carboxylic acids is 1. The van der Waals surface area contributed by atoms with E-state index in [0.29, 0.717) is 23.6 Å². The van der Waals surface area contributed by atoms with Crippen LogP contribution in [-0.2, 0) is 13.0 Å². The smallest absolute Gasteiger partial charge is 0.251 e. The summed E-state index contributed by atoms with van der Waals surface area (Å²) in [6, 6.07) is 8.94. The minimum Gasteiger partial charge on any atom is -0.307 e. The van der Waals surface area contributed by atoms with Crippen LogP contribution in [0.5, 0.6) is 0 Å². The molecule has 0 saturated heterocycles. The molecular formula is C17H16ClNO2. The Labute approximate surface area is 128 Å². The van der Waals surface area contributed by atoms with Crippen LogP contribution < -0.4 is 5.56 Å². The molecule has 1 aromatic heterocycles. The van der Waals surface area contributed by atoms with Crippen LogP contribution in [0, 0.1) is 6.92 Å². The minimum absolute atomic E-state index is 0.0832. The van der Waals surface area contributed by atoms with Crippen molar-refractivity contribution < 1.29 is 4.79 Å². The number of nitrogens with zero attached hydrogens (tertiary/aromatic N) is 1. The quantitative estimate of drug-likeness (QED) is 0.853. The molecule has 4 heteroatoms. The van der Waals surface area contributed by atoms with Crippen molar-refractivity contribution in [3.63, 3.8) is 0 Å². The molecule has 0 aliphatic heterocycles. The fraction of sp³-hybridized carbons (Fsp3) is 0.294. The molecule has 21 heavy (non-hydrogen) atoms. The van der Waals surface area contributed by atoms with Gasteiger partial charge in [0.25, 0.3) is 5.56 Å². The molecule has 3 rings (SSSR count). The van der Waals surface area contributed by atoms with E-state index in [9.17, 15) is 9.59 Å². The third kappa shape index (κ3) is 2.66. The number of halogens is 1. The molecular weight excluding hydrogens is 286 g/mol. The second kappa shape index (κ2) is 5.49. The van der Waals surface area contributed by atoms with Crippen LogP contribution in [0.25, 0.3) is 0 Å². The molecule has 0 bridgehead atoms. The lowest BCUT2D eigenvalue weighted by Gasteiger charge is -2.20. The number of ketones is 1. The Morgan fingerprint density at radius 2 is 1.95 bits per heavy atom. The van der Waals surface area contributed by atoms with Gasteiger partial charge in [-0.2, -0.15) is 0 Å². The average molecular weight is 302 g/mol. The van der Waals surface area contributed by atoms with Crippen LogP contribution in [-0.4, -0.2) is 10.4 Å². The van der Waals surface area contributed by atoms with Gasteiger partial charge in [0.1, 0.15) is 0 Å². The molecule has 3 nitrogen and oxygen atoms in total. The molecule has 1 aliphatic rings. The molecule has 1 aliphatic carbocycles. The molecule has 0 atom stereocenters. The van der Waals surface area contributed by atoms with Crippen LogP contribution in [0.15, 0.2) is 35.1 Å². The zero-order valence-corrected chi connectivity index (χ0v) is 12.6. The highest BCUT2D eigenvalue weighted by Crippen LogP contribution is 2.23. The van der Waals surface area contributed by atoms with Gasteiger partial charge >= 0.3 is 0 Å². The molecule has 0 N–H and O–H groups in total. The zero-order valence-electron chi connectivity index (χ0n) is 11.9. The minimum atomic E-state index is -0.0832. The van der Waals surface area contributed by atoms with Gasteiger partial charge in [0, 0.05) is 28.8 Å². The summed E-state index contributed by atoms with van der Waals surface area (Å²) in [6.07, 6.45) is 2.13. The second-order valence-corrected chi connectivity index (χ2v) is 5.90. The molecule has 1 aromatic carbocycles. The third-order valence-electron chi connectivity index (χ3n) is 3.95. The maximum absolute atomic E-state index is 12.2. The normalized spacial score (nSPS) is 14.1. The van der Waals surface area contributed by atoms with Crippen molar-refractivity contribution in [1.29, 1.82) is 0 Å². The van der Waals surface area contributed by atoms with Gasteiger partial charge in [-0.05, 0) is 43.0 Å². The maximum atomic E-state index is 12.2. The number of rotatable bonds is 2. The number of benzene rings is 1. The molecule has 0 saturated carbocycles. The molecule has 0 radical (unpaired) electrons. The van der Waals surface area contributed by atoms with Crippen molar-refractivity contribution in [2.24, 2.45) is 0 Å². The lowest BCUT2D eigenvalue weighted by Crippen LogP contribution is -2.28. The largest absolute Gasteiger partial charge is 0.307 e. The van der Waals surface area contributed by atoms with Gasteiger partial charge in [-0.3, -0.25) is 9.59 Å². The lowest BCUT2D eigenvalue weighted by atomic mass is 9.94. The standard InChI is InChI=1S/C17H16ClNO2/c1-11-5-6-12(14(18)9-11)10-19-15-3-2-4-16(20)13(15)7-8-17(19)21/h5-9H,2-4,10H2,1H3. The Morgan fingerprint density at radius 3 is 2.71 bits per heavy atom. The van der Waals surface area contributed by atoms with Crippen LogP contribution in [0.2, 0.25) is 5.02 Å². The van der Waals surface area contributed by atoms with E-state index in [1.165, 1.54) is 6.07 Å². The Balaban J connectivity index is 2.08. The van der Waals surface area contributed by atoms with Crippen molar-refractivity contribution in [1.82, 2.24) is 4.57 Å². The number of pyridine rings is 1. The van der Waals surface area contributed by atoms with E-state index in [1.54, 1.807) is 10.6 Å². The van der Waals surface area contributed by atoms with Crippen molar-refractivity contribution in [2.75, 3.05) is 0 Å². The molecule has 0 amide bonds. The van der Waals surface area contributed by atoms with Gasteiger partial charge in [-0.25, -0.2) is 0 Å². The molecule has 1 heterocycles. The van der Waals surface area contributed by atoms with E-state index in [-0.39, 0.29) is 11.3 Å². The average Bonchev–Trinajstić information content (AvgIpc) is 2.44. The van der Waals surface area contributed by atoms with Crippen LogP contribution in [0.1, 0.15) is 40.0 Å². The fourth-order valence-corrected chi connectivity index (χ4v) is 3.11. The molecule has 2 aromatic rings. The summed E-state index contributed by atoms with van der Waals surface area (Å²) in [6.45, 7) is 2.39. The number of fused-ring (bicyclic) bond motifs is 1. The summed E-state index contributed by atoms with van der Waals surface area (Å²) in [4.78, 5) is 24.2. The monoisotopic (exact) mass is 301 g/mol. The van der Waals surface area contributed by atoms with E-state index < -0.39 is 0 Å². The number of Topliss-reactive ketones (excluding diaryl/α,β-unsaturated/α-hetero) is 1. The Bertz CT molecular complexity index is 777. The Kier molecular flexibility index (Phi) is 3.68. The first-order valence-corrected chi connectivity index (χ1v) is 7.45. The summed E-state index contributed by atoms with van der Waals surface area (Å²) in [5.74, 6) is 0.125. The summed E-state index contributed by atoms with van der Waals surface area (Å²) < 4.78 is 1.68. The maximum Gasteiger partial charge on any atom is 0.251 e. The van der Waals surface area contributed by atoms with Crippen molar-refractivity contribution in [3.8, 4) is 0 Å². The van der Waals surface area contributed by atoms with Crippen molar-refractivity contribution >= 4 is 17.4 Å². The highest BCUT2D eigenvalue weighted by atomic mass is 35.5. The lowest BCUT2D eigenvalue weighted by molar-refractivity contribution is 0.0970. The van der Waals surface area contributed by atoms with Crippen LogP contribution in [0.4, 0.5) is 0 Å². The first kappa shape index (κ1) is 14.1. The topological polar surface area (TPSA) is 39.1 Å². The van der Waals surface area contributed by atoms with Gasteiger partial charge in [0.2, 0.25) is 0 Å². The first-order chi connectivity index (χ1) is 10.1. The van der Waals surface area contributed by atoms with Gasteiger partial charge in [0.05, 0.1) is 6.54 Å². The summed E-state index contributed by atoms with van der Waals surface area (Å²) in [5.41, 5.74) is 3.43. The Morgan fingerprint density at radius 1 is 1.14 bits per heavy atom. The second-order valence-electron chi connectivity index (χ2n) is 5.49. The van der Waals surface area contributed by atoms with Crippen LogP contribution in [0.3, 0.4) is 0 Å². The SMILES string of the molecule is Cc1ccc(Cn2c3c(ccc2=O)C(=O)CCC3)c(Cl)c1. The zero-order chi connectivity index (χ0) is 15.0. The van der Waals surface area contributed by atoms with Gasteiger partial charge < -0.3 is 4.57 Å². The van der Waals surface area contributed by atoms with E-state index in [1.807, 2.05) is 25.1 Å². The number of aryl methyl sites for hydroxylation is 1. The Hall–Kier alpha value is -1.87.